The van der Waals surface area contributed by atoms with E-state index in [1.54, 1.807) is 0 Å². The van der Waals surface area contributed by atoms with Gasteiger partial charge in [0.05, 0.1) is 0 Å². The van der Waals surface area contributed by atoms with Gasteiger partial charge in [-0.3, -0.25) is 0 Å². The van der Waals surface area contributed by atoms with Gasteiger partial charge in [-0.1, -0.05) is 0 Å². The van der Waals surface area contributed by atoms with E-state index in [2.05, 4.69) is 24.3 Å². The van der Waals surface area contributed by atoms with E-state index < -0.39 is 0 Å². The molecule has 0 radical (unpaired) electrons. The number of hydrogen-bond donors (Lipinski definition) is 1. The van der Waals surface area contributed by atoms with Crippen molar-refractivity contribution in [1.29, 1.82) is 0 Å². The molecule has 1 atom stereocenters. The van der Waals surface area contributed by atoms with Crippen molar-refractivity contribution in [3.05, 3.63) is 0 Å². The third-order valence-corrected chi connectivity index (χ3v) is 4.27. The average molecular weight is 196 g/mol. The number of nitrogens with zero attached hydrogens (tertiary/aromatic N) is 1. The molecule has 0 aromatic rings. The van der Waals surface area contributed by atoms with Gasteiger partial charge in [-0.15, -0.1) is 0 Å². The van der Waals surface area contributed by atoms with Crippen LogP contribution < -0.4 is 5.32 Å². The molecule has 1 aliphatic heterocycles. The first-order valence-electron chi connectivity index (χ1n) is 6.15. The van der Waals surface area contributed by atoms with Crippen molar-refractivity contribution in [1.82, 2.24) is 10.2 Å². The van der Waals surface area contributed by atoms with E-state index in [1.165, 1.54) is 45.2 Å². The minimum absolute atomic E-state index is 0.811. The summed E-state index contributed by atoms with van der Waals surface area (Å²) in [4.78, 5) is 2.49. The van der Waals surface area contributed by atoms with Gasteiger partial charge in [0, 0.05) is 12.6 Å². The van der Waals surface area contributed by atoms with Crippen LogP contribution in [0.1, 0.15) is 32.1 Å². The third kappa shape index (κ3) is 2.29. The lowest BCUT2D eigenvalue weighted by molar-refractivity contribution is 0.222. The molecule has 2 fully saturated rings. The van der Waals surface area contributed by atoms with Crippen LogP contribution in [0, 0.1) is 11.8 Å². The normalized spacial score (nSPS) is 40.3. The molecule has 2 rings (SSSR count). The molecule has 2 heteroatoms. The van der Waals surface area contributed by atoms with Crippen LogP contribution in [0.3, 0.4) is 0 Å². The maximum absolute atomic E-state index is 3.41. The van der Waals surface area contributed by atoms with Crippen molar-refractivity contribution < 1.29 is 0 Å². The highest BCUT2D eigenvalue weighted by molar-refractivity contribution is 4.84. The van der Waals surface area contributed by atoms with Gasteiger partial charge in [-0.25, -0.2) is 0 Å². The van der Waals surface area contributed by atoms with E-state index >= 15 is 0 Å². The molecule has 0 spiro atoms. The molecular formula is C12H24N2. The van der Waals surface area contributed by atoms with Gasteiger partial charge in [0.1, 0.15) is 0 Å². The highest BCUT2D eigenvalue weighted by Crippen LogP contribution is 2.34. The standard InChI is InChI=1S/C12H24N2/c1-13-12-5-3-10(4-6-12)11-7-8-14(2)9-11/h10-13H,3-9H2,1-2H3. The minimum atomic E-state index is 0.811. The summed E-state index contributed by atoms with van der Waals surface area (Å²) in [6, 6.07) is 0.811. The average Bonchev–Trinajstić information content (AvgIpc) is 2.65. The zero-order valence-corrected chi connectivity index (χ0v) is 9.63. The number of rotatable bonds is 2. The van der Waals surface area contributed by atoms with Crippen LogP contribution in [-0.2, 0) is 0 Å². The molecular weight excluding hydrogens is 172 g/mol. The van der Waals surface area contributed by atoms with Crippen LogP contribution in [0.5, 0.6) is 0 Å². The summed E-state index contributed by atoms with van der Waals surface area (Å²) in [7, 11) is 4.37. The second-order valence-electron chi connectivity index (χ2n) is 5.21. The monoisotopic (exact) mass is 196 g/mol. The van der Waals surface area contributed by atoms with Crippen molar-refractivity contribution >= 4 is 0 Å². The highest BCUT2D eigenvalue weighted by atomic mass is 15.1. The summed E-state index contributed by atoms with van der Waals surface area (Å²) >= 11 is 0. The molecule has 0 aromatic heterocycles. The van der Waals surface area contributed by atoms with E-state index in [-0.39, 0.29) is 0 Å². The Balaban J connectivity index is 1.78. The number of hydrogen-bond acceptors (Lipinski definition) is 2. The second kappa shape index (κ2) is 4.63. The molecule has 2 aliphatic rings. The fourth-order valence-electron chi connectivity index (χ4n) is 3.23. The Hall–Kier alpha value is -0.0800. The molecule has 1 N–H and O–H groups in total. The van der Waals surface area contributed by atoms with Crippen molar-refractivity contribution in [2.75, 3.05) is 27.2 Å². The summed E-state index contributed by atoms with van der Waals surface area (Å²) < 4.78 is 0. The Morgan fingerprint density at radius 1 is 1.00 bits per heavy atom. The molecule has 82 valence electrons. The summed E-state index contributed by atoms with van der Waals surface area (Å²) in [5, 5.41) is 3.41. The molecule has 0 amide bonds. The van der Waals surface area contributed by atoms with Gasteiger partial charge < -0.3 is 10.2 Å². The Bertz CT molecular complexity index is 173. The van der Waals surface area contributed by atoms with Gasteiger partial charge in [0.25, 0.3) is 0 Å². The summed E-state index contributed by atoms with van der Waals surface area (Å²) in [5.41, 5.74) is 0. The first-order valence-corrected chi connectivity index (χ1v) is 6.15. The summed E-state index contributed by atoms with van der Waals surface area (Å²) in [6.07, 6.45) is 7.18. The van der Waals surface area contributed by atoms with Gasteiger partial charge >= 0.3 is 0 Å². The van der Waals surface area contributed by atoms with Crippen LogP contribution >= 0.6 is 0 Å². The topological polar surface area (TPSA) is 15.3 Å². The Morgan fingerprint density at radius 2 is 1.71 bits per heavy atom. The van der Waals surface area contributed by atoms with Gasteiger partial charge in [0.15, 0.2) is 0 Å². The van der Waals surface area contributed by atoms with Gasteiger partial charge in [-0.05, 0) is 64.6 Å². The minimum Gasteiger partial charge on any atom is -0.317 e. The van der Waals surface area contributed by atoms with E-state index in [4.69, 9.17) is 0 Å². The van der Waals surface area contributed by atoms with Crippen molar-refractivity contribution in [2.24, 2.45) is 11.8 Å². The largest absolute Gasteiger partial charge is 0.317 e. The fourth-order valence-corrected chi connectivity index (χ4v) is 3.23. The zero-order chi connectivity index (χ0) is 9.97. The maximum Gasteiger partial charge on any atom is 0.00642 e. The lowest BCUT2D eigenvalue weighted by Gasteiger charge is -2.31. The fraction of sp³-hybridized carbons (Fsp3) is 1.00. The lowest BCUT2D eigenvalue weighted by atomic mass is 9.78. The van der Waals surface area contributed by atoms with Crippen LogP contribution in [0.2, 0.25) is 0 Å². The van der Waals surface area contributed by atoms with Crippen LogP contribution in [-0.4, -0.2) is 38.1 Å². The maximum atomic E-state index is 3.41. The highest BCUT2D eigenvalue weighted by Gasteiger charge is 2.30. The smallest absolute Gasteiger partial charge is 0.00642 e. The molecule has 0 bridgehead atoms. The number of likely N-dealkylation sites (tertiary alicyclic amines) is 1. The molecule has 1 heterocycles. The van der Waals surface area contributed by atoms with Crippen molar-refractivity contribution in [3.8, 4) is 0 Å². The lowest BCUT2D eigenvalue weighted by Crippen LogP contribution is -2.32. The van der Waals surface area contributed by atoms with Crippen molar-refractivity contribution in [2.45, 2.75) is 38.1 Å². The van der Waals surface area contributed by atoms with Gasteiger partial charge in [-0.2, -0.15) is 0 Å². The van der Waals surface area contributed by atoms with E-state index in [0.717, 1.165) is 17.9 Å². The molecule has 2 nitrogen and oxygen atoms in total. The van der Waals surface area contributed by atoms with E-state index in [1.807, 2.05) is 0 Å². The zero-order valence-electron chi connectivity index (χ0n) is 9.63. The van der Waals surface area contributed by atoms with Crippen LogP contribution in [0.25, 0.3) is 0 Å². The predicted molar refractivity (Wildman–Crippen MR) is 60.4 cm³/mol. The summed E-state index contributed by atoms with van der Waals surface area (Å²) in [6.45, 7) is 2.69. The molecule has 1 saturated heterocycles. The summed E-state index contributed by atoms with van der Waals surface area (Å²) in [5.74, 6) is 2.04. The molecule has 1 unspecified atom stereocenters. The predicted octanol–water partition coefficient (Wildman–Crippen LogP) is 1.72. The SMILES string of the molecule is CNC1CCC(C2CCN(C)C2)CC1. The quantitative estimate of drug-likeness (QED) is 0.723. The molecule has 1 saturated carbocycles. The number of nitrogens with one attached hydrogen (secondary N) is 1. The molecule has 14 heavy (non-hydrogen) atoms. The van der Waals surface area contributed by atoms with E-state index in [0.29, 0.717) is 0 Å². The first kappa shape index (κ1) is 10.4. The van der Waals surface area contributed by atoms with Crippen molar-refractivity contribution in [3.63, 3.8) is 0 Å². The first-order chi connectivity index (χ1) is 6.79. The molecule has 1 aliphatic carbocycles. The molecule has 0 aromatic carbocycles. The van der Waals surface area contributed by atoms with E-state index in [9.17, 15) is 0 Å². The van der Waals surface area contributed by atoms with Gasteiger partial charge in [0.2, 0.25) is 0 Å². The Kier molecular flexibility index (Phi) is 3.45. The Labute approximate surface area is 88.1 Å². The Morgan fingerprint density at radius 3 is 2.21 bits per heavy atom. The van der Waals surface area contributed by atoms with Crippen LogP contribution in [0.15, 0.2) is 0 Å². The third-order valence-electron chi connectivity index (χ3n) is 4.27. The van der Waals surface area contributed by atoms with Crippen LogP contribution in [0.4, 0.5) is 0 Å². The second-order valence-corrected chi connectivity index (χ2v) is 5.21.